The number of carbonyl (C=O) groups is 1. The van der Waals surface area contributed by atoms with E-state index in [0.29, 0.717) is 18.1 Å². The molecule has 0 atom stereocenters. The number of hydrogen-bond donors (Lipinski definition) is 2. The standard InChI is InChI=1S/C18H25N7O2/c1-27-16-15(5-2-6-19-16)23-18(26)22-9-4-10-24-11-13-25(14-12-24)17-20-7-3-8-21-17/h2-3,5-8H,4,9-14H2,1H3,(H2,22,23,26). The van der Waals surface area contributed by atoms with Crippen molar-refractivity contribution in [1.29, 1.82) is 0 Å². The van der Waals surface area contributed by atoms with E-state index in [4.69, 9.17) is 4.74 Å². The Morgan fingerprint density at radius 1 is 1.11 bits per heavy atom. The van der Waals surface area contributed by atoms with E-state index in [9.17, 15) is 4.79 Å². The lowest BCUT2D eigenvalue weighted by Crippen LogP contribution is -2.47. The third-order valence-corrected chi connectivity index (χ3v) is 4.36. The number of pyridine rings is 1. The van der Waals surface area contributed by atoms with Crippen molar-refractivity contribution in [2.45, 2.75) is 6.42 Å². The molecule has 0 unspecified atom stereocenters. The molecule has 9 heteroatoms. The van der Waals surface area contributed by atoms with Gasteiger partial charge in [-0.25, -0.2) is 19.7 Å². The van der Waals surface area contributed by atoms with E-state index in [1.807, 2.05) is 6.07 Å². The largest absolute Gasteiger partial charge is 0.480 e. The molecule has 9 nitrogen and oxygen atoms in total. The van der Waals surface area contributed by atoms with Crippen LogP contribution in [0.25, 0.3) is 0 Å². The van der Waals surface area contributed by atoms with Crippen molar-refractivity contribution in [3.05, 3.63) is 36.8 Å². The second-order valence-corrected chi connectivity index (χ2v) is 6.17. The van der Waals surface area contributed by atoms with E-state index in [1.165, 1.54) is 7.11 Å². The van der Waals surface area contributed by atoms with Gasteiger partial charge in [0.15, 0.2) is 0 Å². The average Bonchev–Trinajstić information content (AvgIpc) is 2.73. The summed E-state index contributed by atoms with van der Waals surface area (Å²) in [4.78, 5) is 29.2. The van der Waals surface area contributed by atoms with Crippen molar-refractivity contribution in [2.24, 2.45) is 0 Å². The Kier molecular flexibility index (Phi) is 6.75. The summed E-state index contributed by atoms with van der Waals surface area (Å²) >= 11 is 0. The Balaban J connectivity index is 1.32. The number of urea groups is 1. The summed E-state index contributed by atoms with van der Waals surface area (Å²) in [5.41, 5.74) is 0.553. The fraction of sp³-hybridized carbons (Fsp3) is 0.444. The van der Waals surface area contributed by atoms with Crippen molar-refractivity contribution < 1.29 is 9.53 Å². The molecule has 2 amide bonds. The Morgan fingerprint density at radius 3 is 2.59 bits per heavy atom. The second-order valence-electron chi connectivity index (χ2n) is 6.17. The zero-order chi connectivity index (χ0) is 18.9. The Labute approximate surface area is 158 Å². The molecule has 0 spiro atoms. The number of aromatic nitrogens is 3. The highest BCUT2D eigenvalue weighted by Gasteiger charge is 2.18. The normalized spacial score (nSPS) is 14.6. The first-order valence-electron chi connectivity index (χ1n) is 9.04. The van der Waals surface area contributed by atoms with Gasteiger partial charge in [0.25, 0.3) is 0 Å². The maximum Gasteiger partial charge on any atom is 0.319 e. The van der Waals surface area contributed by atoms with Gasteiger partial charge in [0.2, 0.25) is 11.8 Å². The number of methoxy groups -OCH3 is 1. The van der Waals surface area contributed by atoms with E-state index >= 15 is 0 Å². The first-order chi connectivity index (χ1) is 13.3. The van der Waals surface area contributed by atoms with Crippen LogP contribution in [0.3, 0.4) is 0 Å². The summed E-state index contributed by atoms with van der Waals surface area (Å²) < 4.78 is 5.12. The predicted molar refractivity (Wildman–Crippen MR) is 103 cm³/mol. The Bertz CT molecular complexity index is 721. The first-order valence-corrected chi connectivity index (χ1v) is 9.04. The van der Waals surface area contributed by atoms with Crippen molar-refractivity contribution >= 4 is 17.7 Å². The van der Waals surface area contributed by atoms with Gasteiger partial charge in [-0.1, -0.05) is 0 Å². The minimum Gasteiger partial charge on any atom is -0.480 e. The summed E-state index contributed by atoms with van der Waals surface area (Å²) in [5, 5.41) is 5.62. The van der Waals surface area contributed by atoms with Crippen LogP contribution in [-0.4, -0.2) is 72.3 Å². The van der Waals surface area contributed by atoms with Gasteiger partial charge in [0, 0.05) is 51.3 Å². The number of nitrogens with one attached hydrogen (secondary N) is 2. The molecule has 1 aliphatic rings. The molecule has 0 saturated carbocycles. The number of amides is 2. The van der Waals surface area contributed by atoms with Crippen LogP contribution in [0.15, 0.2) is 36.8 Å². The lowest BCUT2D eigenvalue weighted by Gasteiger charge is -2.34. The van der Waals surface area contributed by atoms with Crippen LogP contribution in [0.2, 0.25) is 0 Å². The van der Waals surface area contributed by atoms with Crippen molar-refractivity contribution in [1.82, 2.24) is 25.2 Å². The lowest BCUT2D eigenvalue weighted by atomic mass is 10.3. The molecule has 0 bridgehead atoms. The highest BCUT2D eigenvalue weighted by atomic mass is 16.5. The zero-order valence-electron chi connectivity index (χ0n) is 15.5. The van der Waals surface area contributed by atoms with Crippen LogP contribution >= 0.6 is 0 Å². The predicted octanol–water partition coefficient (Wildman–Crippen LogP) is 1.21. The molecule has 2 aromatic heterocycles. The van der Waals surface area contributed by atoms with E-state index in [2.05, 4.69) is 35.4 Å². The molecule has 144 valence electrons. The highest BCUT2D eigenvalue weighted by Crippen LogP contribution is 2.19. The van der Waals surface area contributed by atoms with Crippen LogP contribution in [0.4, 0.5) is 16.4 Å². The summed E-state index contributed by atoms with van der Waals surface area (Å²) in [6.45, 7) is 5.32. The molecule has 1 saturated heterocycles. The fourth-order valence-corrected chi connectivity index (χ4v) is 2.95. The number of nitrogens with zero attached hydrogens (tertiary/aromatic N) is 5. The summed E-state index contributed by atoms with van der Waals surface area (Å²) in [6.07, 6.45) is 6.05. The fourth-order valence-electron chi connectivity index (χ4n) is 2.95. The van der Waals surface area contributed by atoms with E-state index < -0.39 is 0 Å². The van der Waals surface area contributed by atoms with Crippen LogP contribution in [0, 0.1) is 0 Å². The second kappa shape index (κ2) is 9.67. The van der Waals surface area contributed by atoms with Crippen molar-refractivity contribution in [3.8, 4) is 5.88 Å². The molecule has 0 radical (unpaired) electrons. The van der Waals surface area contributed by atoms with Crippen LogP contribution in [0.1, 0.15) is 6.42 Å². The lowest BCUT2D eigenvalue weighted by molar-refractivity contribution is 0.243. The average molecular weight is 371 g/mol. The topological polar surface area (TPSA) is 95.5 Å². The zero-order valence-corrected chi connectivity index (χ0v) is 15.5. The number of hydrogen-bond acceptors (Lipinski definition) is 7. The van der Waals surface area contributed by atoms with Crippen LogP contribution in [-0.2, 0) is 0 Å². The smallest absolute Gasteiger partial charge is 0.319 e. The van der Waals surface area contributed by atoms with Crippen molar-refractivity contribution in [2.75, 3.05) is 56.6 Å². The maximum absolute atomic E-state index is 12.0. The molecule has 2 N–H and O–H groups in total. The van der Waals surface area contributed by atoms with Gasteiger partial charge in [-0.05, 0) is 31.2 Å². The maximum atomic E-state index is 12.0. The monoisotopic (exact) mass is 371 g/mol. The van der Waals surface area contributed by atoms with Gasteiger partial charge >= 0.3 is 6.03 Å². The molecule has 1 aliphatic heterocycles. The third kappa shape index (κ3) is 5.52. The molecule has 3 heterocycles. The molecule has 2 aromatic rings. The first kappa shape index (κ1) is 18.8. The van der Waals surface area contributed by atoms with Crippen molar-refractivity contribution in [3.63, 3.8) is 0 Å². The quantitative estimate of drug-likeness (QED) is 0.707. The molecule has 3 rings (SSSR count). The van der Waals surface area contributed by atoms with E-state index in [-0.39, 0.29) is 6.03 Å². The van der Waals surface area contributed by atoms with E-state index in [0.717, 1.165) is 45.1 Å². The SMILES string of the molecule is COc1ncccc1NC(=O)NCCCN1CCN(c2ncccn2)CC1. The highest BCUT2D eigenvalue weighted by molar-refractivity contribution is 5.90. The van der Waals surface area contributed by atoms with Gasteiger partial charge in [-0.2, -0.15) is 0 Å². The van der Waals surface area contributed by atoms with Gasteiger partial charge in [0.05, 0.1) is 7.11 Å². The Morgan fingerprint density at radius 2 is 1.85 bits per heavy atom. The summed E-state index contributed by atoms with van der Waals surface area (Å²) in [7, 11) is 1.52. The number of ether oxygens (including phenoxy) is 1. The minimum absolute atomic E-state index is 0.257. The molecule has 0 aromatic carbocycles. The molecular weight excluding hydrogens is 346 g/mol. The van der Waals surface area contributed by atoms with Crippen LogP contribution < -0.4 is 20.3 Å². The number of rotatable bonds is 7. The van der Waals surface area contributed by atoms with Gasteiger partial charge in [0.1, 0.15) is 5.69 Å². The van der Waals surface area contributed by atoms with E-state index in [1.54, 1.807) is 30.7 Å². The van der Waals surface area contributed by atoms with Gasteiger partial charge in [-0.3, -0.25) is 4.90 Å². The minimum atomic E-state index is -0.257. The number of piperazine rings is 1. The number of anilines is 2. The van der Waals surface area contributed by atoms with Gasteiger partial charge < -0.3 is 20.3 Å². The molecule has 0 aliphatic carbocycles. The summed E-state index contributed by atoms with van der Waals surface area (Å²) in [5.74, 6) is 1.19. The summed E-state index contributed by atoms with van der Waals surface area (Å²) in [6, 6.07) is 5.07. The molecule has 1 fully saturated rings. The third-order valence-electron chi connectivity index (χ3n) is 4.36. The van der Waals surface area contributed by atoms with Gasteiger partial charge in [-0.15, -0.1) is 0 Å². The Hall–Kier alpha value is -2.94. The number of carbonyl (C=O) groups excluding carboxylic acids is 1. The van der Waals surface area contributed by atoms with Crippen LogP contribution in [0.5, 0.6) is 5.88 Å². The molecular formula is C18H25N7O2. The molecule has 27 heavy (non-hydrogen) atoms.